The summed E-state index contributed by atoms with van der Waals surface area (Å²) in [7, 11) is -3.91. The molecule has 4 rings (SSSR count). The van der Waals surface area contributed by atoms with Gasteiger partial charge in [-0.05, 0) is 42.0 Å². The molecule has 9 heteroatoms. The van der Waals surface area contributed by atoms with Crippen molar-refractivity contribution in [2.45, 2.75) is 11.4 Å². The number of carbonyl (C=O) groups is 1. The van der Waals surface area contributed by atoms with Gasteiger partial charge in [-0.3, -0.25) is 4.79 Å². The van der Waals surface area contributed by atoms with Gasteiger partial charge in [0.2, 0.25) is 15.9 Å². The summed E-state index contributed by atoms with van der Waals surface area (Å²) in [6.07, 6.45) is 0. The van der Waals surface area contributed by atoms with E-state index in [0.29, 0.717) is 41.8 Å². The minimum absolute atomic E-state index is 0.00381. The monoisotopic (exact) mass is 517 g/mol. The molecule has 1 heterocycles. The standard InChI is InChI=1S/C25H25Cl2N3O3S/c26-23-12-11-20(17-24(23)27)18-30(34(32,33)22-9-5-2-6-10-22)19-25(31)29-15-13-28(14-16-29)21-7-3-1-4-8-21/h1-12,17H,13-16,18-19H2. The van der Waals surface area contributed by atoms with E-state index in [1.54, 1.807) is 41.3 Å². The Hall–Kier alpha value is -2.58. The molecule has 0 aromatic heterocycles. The molecule has 0 N–H and O–H groups in total. The van der Waals surface area contributed by atoms with Crippen molar-refractivity contribution in [3.8, 4) is 0 Å². The first-order valence-electron chi connectivity index (χ1n) is 10.9. The lowest BCUT2D eigenvalue weighted by Crippen LogP contribution is -2.51. The zero-order valence-electron chi connectivity index (χ0n) is 18.5. The highest BCUT2D eigenvalue weighted by Gasteiger charge is 2.30. The Morgan fingerprint density at radius 1 is 0.824 bits per heavy atom. The molecule has 6 nitrogen and oxygen atoms in total. The van der Waals surface area contributed by atoms with Crippen LogP contribution in [0.2, 0.25) is 10.0 Å². The van der Waals surface area contributed by atoms with Crippen LogP contribution in [0.15, 0.2) is 83.8 Å². The van der Waals surface area contributed by atoms with Gasteiger partial charge in [0.25, 0.3) is 0 Å². The molecule has 1 saturated heterocycles. The van der Waals surface area contributed by atoms with Crippen LogP contribution in [0.4, 0.5) is 5.69 Å². The molecule has 1 aliphatic rings. The number of piperazine rings is 1. The maximum Gasteiger partial charge on any atom is 0.243 e. The van der Waals surface area contributed by atoms with Gasteiger partial charge in [0.05, 0.1) is 21.5 Å². The maximum atomic E-state index is 13.4. The number of rotatable bonds is 7. The van der Waals surface area contributed by atoms with Crippen molar-refractivity contribution in [1.82, 2.24) is 9.21 Å². The number of para-hydroxylation sites is 1. The number of sulfonamides is 1. The molecule has 1 amide bonds. The Balaban J connectivity index is 1.51. The fraction of sp³-hybridized carbons (Fsp3) is 0.240. The van der Waals surface area contributed by atoms with Crippen molar-refractivity contribution in [2.75, 3.05) is 37.6 Å². The predicted octanol–water partition coefficient (Wildman–Crippen LogP) is 4.53. The zero-order chi connectivity index (χ0) is 24.1. The van der Waals surface area contributed by atoms with Crippen LogP contribution in [-0.4, -0.2) is 56.3 Å². The maximum absolute atomic E-state index is 13.4. The third-order valence-corrected chi connectivity index (χ3v) is 8.33. The average molecular weight is 518 g/mol. The summed E-state index contributed by atoms with van der Waals surface area (Å²) in [5.41, 5.74) is 1.76. The number of anilines is 1. The minimum Gasteiger partial charge on any atom is -0.368 e. The number of halogens is 2. The van der Waals surface area contributed by atoms with Crippen LogP contribution in [0.1, 0.15) is 5.56 Å². The van der Waals surface area contributed by atoms with E-state index >= 15 is 0 Å². The van der Waals surface area contributed by atoms with Crippen LogP contribution in [0.3, 0.4) is 0 Å². The molecule has 0 aliphatic carbocycles. The molecule has 1 aliphatic heterocycles. The minimum atomic E-state index is -3.91. The third kappa shape index (κ3) is 5.73. The number of benzene rings is 3. The van der Waals surface area contributed by atoms with E-state index in [2.05, 4.69) is 4.90 Å². The molecule has 178 valence electrons. The van der Waals surface area contributed by atoms with Gasteiger partial charge < -0.3 is 9.80 Å². The van der Waals surface area contributed by atoms with Crippen molar-refractivity contribution in [3.63, 3.8) is 0 Å². The Bertz CT molecular complexity index is 1230. The molecule has 0 bridgehead atoms. The van der Waals surface area contributed by atoms with Crippen LogP contribution < -0.4 is 4.90 Å². The number of hydrogen-bond donors (Lipinski definition) is 0. The Labute approximate surface area is 210 Å². The first kappa shape index (κ1) is 24.5. The molecular formula is C25H25Cl2N3O3S. The van der Waals surface area contributed by atoms with Crippen molar-refractivity contribution in [1.29, 1.82) is 0 Å². The molecule has 1 fully saturated rings. The first-order valence-corrected chi connectivity index (χ1v) is 13.1. The molecule has 0 saturated carbocycles. The van der Waals surface area contributed by atoms with Gasteiger partial charge >= 0.3 is 0 Å². The second-order valence-electron chi connectivity index (χ2n) is 8.04. The summed E-state index contributed by atoms with van der Waals surface area (Å²) in [6, 6.07) is 23.1. The number of carbonyl (C=O) groups excluding carboxylic acids is 1. The van der Waals surface area contributed by atoms with Crippen molar-refractivity contribution in [2.24, 2.45) is 0 Å². The average Bonchev–Trinajstić information content (AvgIpc) is 2.87. The summed E-state index contributed by atoms with van der Waals surface area (Å²) in [5.74, 6) is -0.229. The van der Waals surface area contributed by atoms with Crippen molar-refractivity contribution in [3.05, 3.63) is 94.5 Å². The van der Waals surface area contributed by atoms with Gasteiger partial charge in [0.15, 0.2) is 0 Å². The highest BCUT2D eigenvalue weighted by Crippen LogP contribution is 2.25. The van der Waals surface area contributed by atoms with Gasteiger partial charge in [0, 0.05) is 38.4 Å². The second kappa shape index (κ2) is 10.8. The van der Waals surface area contributed by atoms with Gasteiger partial charge in [-0.1, -0.05) is 65.7 Å². The lowest BCUT2D eigenvalue weighted by atomic mass is 10.2. The molecule has 3 aromatic rings. The molecule has 0 atom stereocenters. The van der Waals surface area contributed by atoms with Gasteiger partial charge in [-0.2, -0.15) is 4.31 Å². The van der Waals surface area contributed by atoms with Crippen LogP contribution in [0.25, 0.3) is 0 Å². The van der Waals surface area contributed by atoms with E-state index in [9.17, 15) is 13.2 Å². The van der Waals surface area contributed by atoms with Gasteiger partial charge in [-0.15, -0.1) is 0 Å². The molecule has 0 spiro atoms. The van der Waals surface area contributed by atoms with E-state index in [0.717, 1.165) is 5.69 Å². The van der Waals surface area contributed by atoms with Crippen LogP contribution in [-0.2, 0) is 21.4 Å². The Morgan fingerprint density at radius 2 is 1.44 bits per heavy atom. The van der Waals surface area contributed by atoms with E-state index in [1.165, 1.54) is 16.4 Å². The van der Waals surface area contributed by atoms with Crippen molar-refractivity contribution < 1.29 is 13.2 Å². The smallest absolute Gasteiger partial charge is 0.243 e. The lowest BCUT2D eigenvalue weighted by Gasteiger charge is -2.37. The summed E-state index contributed by atoms with van der Waals surface area (Å²) in [5, 5.41) is 0.717. The SMILES string of the molecule is O=C(CN(Cc1ccc(Cl)c(Cl)c1)S(=O)(=O)c1ccccc1)N1CCN(c2ccccc2)CC1. The largest absolute Gasteiger partial charge is 0.368 e. The van der Waals surface area contributed by atoms with Crippen LogP contribution >= 0.6 is 23.2 Å². The highest BCUT2D eigenvalue weighted by molar-refractivity contribution is 7.89. The molecule has 34 heavy (non-hydrogen) atoms. The Morgan fingerprint density at radius 3 is 2.06 bits per heavy atom. The topological polar surface area (TPSA) is 60.9 Å². The predicted molar refractivity (Wildman–Crippen MR) is 136 cm³/mol. The summed E-state index contributed by atoms with van der Waals surface area (Å²) in [6.45, 7) is 2.17. The lowest BCUT2D eigenvalue weighted by molar-refractivity contribution is -0.131. The normalized spacial score (nSPS) is 14.4. The molecule has 0 unspecified atom stereocenters. The highest BCUT2D eigenvalue weighted by atomic mass is 35.5. The van der Waals surface area contributed by atoms with E-state index in [-0.39, 0.29) is 23.9 Å². The summed E-state index contributed by atoms with van der Waals surface area (Å²) < 4.78 is 28.1. The number of nitrogens with zero attached hydrogens (tertiary/aromatic N) is 3. The zero-order valence-corrected chi connectivity index (χ0v) is 20.8. The Kier molecular flexibility index (Phi) is 7.78. The second-order valence-corrected chi connectivity index (χ2v) is 10.8. The van der Waals surface area contributed by atoms with Crippen molar-refractivity contribution >= 4 is 44.8 Å². The van der Waals surface area contributed by atoms with E-state index in [1.807, 2.05) is 30.3 Å². The van der Waals surface area contributed by atoms with Gasteiger partial charge in [0.1, 0.15) is 0 Å². The van der Waals surface area contributed by atoms with Crippen LogP contribution in [0, 0.1) is 0 Å². The number of amides is 1. The van der Waals surface area contributed by atoms with E-state index in [4.69, 9.17) is 23.2 Å². The molecule has 3 aromatic carbocycles. The molecule has 0 radical (unpaired) electrons. The summed E-state index contributed by atoms with van der Waals surface area (Å²) in [4.78, 5) is 17.3. The quantitative estimate of drug-likeness (QED) is 0.461. The van der Waals surface area contributed by atoms with Crippen LogP contribution in [0.5, 0.6) is 0 Å². The molecular weight excluding hydrogens is 493 g/mol. The third-order valence-electron chi connectivity index (χ3n) is 5.79. The summed E-state index contributed by atoms with van der Waals surface area (Å²) >= 11 is 12.2. The van der Waals surface area contributed by atoms with Gasteiger partial charge in [-0.25, -0.2) is 8.42 Å². The fourth-order valence-electron chi connectivity index (χ4n) is 3.91. The first-order chi connectivity index (χ1) is 16.3. The van der Waals surface area contributed by atoms with E-state index < -0.39 is 10.0 Å². The fourth-order valence-corrected chi connectivity index (χ4v) is 5.63. The number of hydrogen-bond acceptors (Lipinski definition) is 4.